The molecule has 0 N–H and O–H groups in total. The van der Waals surface area contributed by atoms with E-state index < -0.39 is 0 Å². The third-order valence-corrected chi connectivity index (χ3v) is 5.32. The highest BCUT2D eigenvalue weighted by molar-refractivity contribution is 5.84. The summed E-state index contributed by atoms with van der Waals surface area (Å²) in [5, 5.41) is 0. The number of rotatable bonds is 1. The van der Waals surface area contributed by atoms with E-state index in [1.54, 1.807) is 0 Å². The molecule has 0 heterocycles. The Balaban J connectivity index is 2.25. The number of hydrogen-bond acceptors (Lipinski definition) is 1. The van der Waals surface area contributed by atoms with Gasteiger partial charge in [-0.1, -0.05) is 38.8 Å². The van der Waals surface area contributed by atoms with Crippen molar-refractivity contribution in [3.63, 3.8) is 0 Å². The fourth-order valence-corrected chi connectivity index (χ4v) is 3.82. The molecule has 0 saturated heterocycles. The fraction of sp³-hybridized carbons (Fsp3) is 0.800. The fourth-order valence-electron chi connectivity index (χ4n) is 3.82. The Bertz CT molecular complexity index is 317. The van der Waals surface area contributed by atoms with Gasteiger partial charge >= 0.3 is 0 Å². The first kappa shape index (κ1) is 11.9. The predicted octanol–water partition coefficient (Wildman–Crippen LogP) is 3.98. The van der Waals surface area contributed by atoms with Crippen LogP contribution in [0.5, 0.6) is 0 Å². The Kier molecular flexibility index (Phi) is 2.98. The maximum absolute atomic E-state index is 12.1. The lowest BCUT2D eigenvalue weighted by Gasteiger charge is -2.51. The summed E-state index contributed by atoms with van der Waals surface area (Å²) in [6.07, 6.45) is 5.76. The molecule has 2 saturated carbocycles. The van der Waals surface area contributed by atoms with Crippen molar-refractivity contribution in [3.8, 4) is 0 Å². The number of carbonyl (C=O) groups excluding carboxylic acids is 1. The number of ketones is 1. The van der Waals surface area contributed by atoms with Crippen molar-refractivity contribution < 1.29 is 4.79 Å². The minimum Gasteiger partial charge on any atom is -0.299 e. The minimum absolute atomic E-state index is 0.141. The van der Waals surface area contributed by atoms with Crippen molar-refractivity contribution in [1.82, 2.24) is 0 Å². The second-order valence-corrected chi connectivity index (χ2v) is 6.31. The average Bonchev–Trinajstić information content (AvgIpc) is 2.20. The number of Topliss-reactive ketones (excluding diaryl/α,β-unsaturated/α-hetero) is 1. The van der Waals surface area contributed by atoms with Crippen molar-refractivity contribution in [2.75, 3.05) is 0 Å². The number of hydrogen-bond donors (Lipinski definition) is 0. The Morgan fingerprint density at radius 2 is 2.12 bits per heavy atom. The second kappa shape index (κ2) is 4.01. The Hall–Kier alpha value is -0.590. The maximum Gasteiger partial charge on any atom is 0.140 e. The number of fused-ring (bicyclic) bond motifs is 1. The summed E-state index contributed by atoms with van der Waals surface area (Å²) in [6.45, 7) is 10.8. The van der Waals surface area contributed by atoms with Gasteiger partial charge in [-0.15, -0.1) is 0 Å². The van der Waals surface area contributed by atoms with Gasteiger partial charge in [-0.2, -0.15) is 0 Å². The lowest BCUT2D eigenvalue weighted by atomic mass is 9.53. The lowest BCUT2D eigenvalue weighted by molar-refractivity contribution is -0.132. The van der Waals surface area contributed by atoms with E-state index in [-0.39, 0.29) is 5.92 Å². The van der Waals surface area contributed by atoms with Gasteiger partial charge in [0, 0.05) is 12.3 Å². The lowest BCUT2D eigenvalue weighted by Crippen LogP contribution is -2.46. The van der Waals surface area contributed by atoms with E-state index in [2.05, 4.69) is 20.4 Å². The topological polar surface area (TPSA) is 17.1 Å². The molecule has 4 unspecified atom stereocenters. The molecule has 2 aliphatic carbocycles. The predicted molar refractivity (Wildman–Crippen MR) is 67.2 cm³/mol. The summed E-state index contributed by atoms with van der Waals surface area (Å²) < 4.78 is 0. The van der Waals surface area contributed by atoms with Gasteiger partial charge in [0.25, 0.3) is 0 Å². The monoisotopic (exact) mass is 220 g/mol. The molecular weight excluding hydrogens is 196 g/mol. The van der Waals surface area contributed by atoms with Crippen LogP contribution in [-0.2, 0) is 4.79 Å². The van der Waals surface area contributed by atoms with Crippen molar-refractivity contribution in [3.05, 3.63) is 12.2 Å². The molecule has 0 aliphatic heterocycles. The van der Waals surface area contributed by atoms with Crippen LogP contribution in [0.2, 0.25) is 0 Å². The third kappa shape index (κ3) is 1.74. The van der Waals surface area contributed by atoms with Crippen LogP contribution in [0.4, 0.5) is 0 Å². The molecule has 0 aromatic carbocycles. The van der Waals surface area contributed by atoms with Gasteiger partial charge in [-0.25, -0.2) is 0 Å². The molecule has 90 valence electrons. The van der Waals surface area contributed by atoms with Gasteiger partial charge in [-0.05, 0) is 37.0 Å². The first-order chi connectivity index (χ1) is 7.45. The van der Waals surface area contributed by atoms with E-state index in [0.29, 0.717) is 17.1 Å². The SMILES string of the molecule is C=C(C)C1CC2(C)C(C)CCCC2CC1=O. The Morgan fingerprint density at radius 1 is 1.44 bits per heavy atom. The molecule has 2 rings (SSSR count). The van der Waals surface area contributed by atoms with E-state index in [1.165, 1.54) is 19.3 Å². The highest BCUT2D eigenvalue weighted by atomic mass is 16.1. The largest absolute Gasteiger partial charge is 0.299 e. The molecule has 1 nitrogen and oxygen atoms in total. The van der Waals surface area contributed by atoms with Crippen LogP contribution in [0.3, 0.4) is 0 Å². The molecule has 0 spiro atoms. The second-order valence-electron chi connectivity index (χ2n) is 6.31. The molecule has 4 atom stereocenters. The van der Waals surface area contributed by atoms with Crippen molar-refractivity contribution >= 4 is 5.78 Å². The summed E-state index contributed by atoms with van der Waals surface area (Å²) in [4.78, 5) is 12.1. The molecule has 0 bridgehead atoms. The van der Waals surface area contributed by atoms with Crippen LogP contribution in [0.1, 0.15) is 52.9 Å². The van der Waals surface area contributed by atoms with E-state index in [0.717, 1.165) is 24.3 Å². The standard InChI is InChI=1S/C15H24O/c1-10(2)13-9-15(4)11(3)6-5-7-12(15)8-14(13)16/h11-13H,1,5-9H2,2-4H3. The first-order valence-corrected chi connectivity index (χ1v) is 6.63. The quantitative estimate of drug-likeness (QED) is 0.611. The van der Waals surface area contributed by atoms with Gasteiger partial charge in [-0.3, -0.25) is 4.79 Å². The maximum atomic E-state index is 12.1. The Labute approximate surface area is 99.3 Å². The first-order valence-electron chi connectivity index (χ1n) is 6.63. The van der Waals surface area contributed by atoms with E-state index in [4.69, 9.17) is 0 Å². The van der Waals surface area contributed by atoms with Crippen LogP contribution in [0.25, 0.3) is 0 Å². The van der Waals surface area contributed by atoms with E-state index in [9.17, 15) is 4.79 Å². The Morgan fingerprint density at radius 3 is 2.75 bits per heavy atom. The normalized spacial score (nSPS) is 43.9. The zero-order valence-corrected chi connectivity index (χ0v) is 10.9. The van der Waals surface area contributed by atoms with E-state index >= 15 is 0 Å². The molecule has 2 fully saturated rings. The third-order valence-electron chi connectivity index (χ3n) is 5.32. The summed E-state index contributed by atoms with van der Waals surface area (Å²) in [7, 11) is 0. The summed E-state index contributed by atoms with van der Waals surface area (Å²) in [5.41, 5.74) is 1.46. The smallest absolute Gasteiger partial charge is 0.140 e. The molecule has 1 heteroatoms. The highest BCUT2D eigenvalue weighted by Gasteiger charge is 2.48. The number of allylic oxidation sites excluding steroid dienone is 1. The zero-order valence-electron chi connectivity index (χ0n) is 10.9. The molecule has 0 aromatic heterocycles. The van der Waals surface area contributed by atoms with Crippen molar-refractivity contribution in [2.45, 2.75) is 52.9 Å². The number of carbonyl (C=O) groups is 1. The molecule has 0 amide bonds. The van der Waals surface area contributed by atoms with Crippen molar-refractivity contribution in [2.24, 2.45) is 23.2 Å². The molecule has 0 radical (unpaired) electrons. The van der Waals surface area contributed by atoms with Gasteiger partial charge in [0.2, 0.25) is 0 Å². The van der Waals surface area contributed by atoms with Crippen LogP contribution in [-0.4, -0.2) is 5.78 Å². The van der Waals surface area contributed by atoms with Gasteiger partial charge in [0.1, 0.15) is 5.78 Å². The summed E-state index contributed by atoms with van der Waals surface area (Å²) in [5.74, 6) is 1.99. The zero-order chi connectivity index (χ0) is 11.9. The van der Waals surface area contributed by atoms with Crippen LogP contribution < -0.4 is 0 Å². The minimum atomic E-state index is 0.141. The molecule has 0 aromatic rings. The van der Waals surface area contributed by atoms with Gasteiger partial charge in [0.05, 0.1) is 0 Å². The average molecular weight is 220 g/mol. The molecular formula is C15H24O. The van der Waals surface area contributed by atoms with Crippen molar-refractivity contribution in [1.29, 1.82) is 0 Å². The van der Waals surface area contributed by atoms with Crippen LogP contribution >= 0.6 is 0 Å². The molecule has 2 aliphatic rings. The van der Waals surface area contributed by atoms with Gasteiger partial charge < -0.3 is 0 Å². The van der Waals surface area contributed by atoms with E-state index in [1.807, 2.05) is 6.92 Å². The highest BCUT2D eigenvalue weighted by Crippen LogP contribution is 2.54. The summed E-state index contributed by atoms with van der Waals surface area (Å²) in [6, 6.07) is 0. The molecule has 16 heavy (non-hydrogen) atoms. The van der Waals surface area contributed by atoms with Gasteiger partial charge in [0.15, 0.2) is 0 Å². The van der Waals surface area contributed by atoms with Crippen LogP contribution in [0, 0.1) is 23.2 Å². The summed E-state index contributed by atoms with van der Waals surface area (Å²) >= 11 is 0. The van der Waals surface area contributed by atoms with Crippen LogP contribution in [0.15, 0.2) is 12.2 Å².